The number of halogens is 4. The van der Waals surface area contributed by atoms with Gasteiger partial charge >= 0.3 is 0 Å². The van der Waals surface area contributed by atoms with Gasteiger partial charge in [0.25, 0.3) is 12.3 Å². The summed E-state index contributed by atoms with van der Waals surface area (Å²) in [5.74, 6) is -1.14. The highest BCUT2D eigenvalue weighted by molar-refractivity contribution is 5.97. The van der Waals surface area contributed by atoms with Crippen LogP contribution < -0.4 is 15.6 Å². The van der Waals surface area contributed by atoms with E-state index >= 15 is 0 Å². The molecule has 0 spiro atoms. The molecule has 1 saturated carbocycles. The normalized spacial score (nSPS) is 17.2. The molecule has 38 heavy (non-hydrogen) atoms. The Morgan fingerprint density at radius 2 is 2.00 bits per heavy atom. The van der Waals surface area contributed by atoms with Gasteiger partial charge in [0.2, 0.25) is 5.43 Å². The first kappa shape index (κ1) is 27.3. The van der Waals surface area contributed by atoms with Crippen molar-refractivity contribution < 1.29 is 22.4 Å². The molecule has 1 aliphatic carbocycles. The standard InChI is InChI=1S/C28H30F4N4O2/c1-3-4-17-5-6-18(13-17)11-12-33-28(38)21-15-36(23-9-7-19(29)14-22(23)30)27-20(26(21)37)8-10-25(34-27)35(2)16-24(31)32/h3,7-10,14-15,17-18,24H,1,4-6,11-13,16H2,2H3,(H,33,38). The highest BCUT2D eigenvalue weighted by Crippen LogP contribution is 2.34. The van der Waals surface area contributed by atoms with Gasteiger partial charge in [0, 0.05) is 25.9 Å². The molecular formula is C28H30F4N4O2. The number of rotatable bonds is 10. The van der Waals surface area contributed by atoms with Crippen molar-refractivity contribution in [1.82, 2.24) is 14.9 Å². The van der Waals surface area contributed by atoms with Crippen LogP contribution in [0.25, 0.3) is 16.7 Å². The van der Waals surface area contributed by atoms with Crippen LogP contribution in [0.5, 0.6) is 0 Å². The maximum absolute atomic E-state index is 14.8. The largest absolute Gasteiger partial charge is 0.354 e. The van der Waals surface area contributed by atoms with E-state index in [1.807, 2.05) is 6.08 Å². The molecular weight excluding hydrogens is 500 g/mol. The van der Waals surface area contributed by atoms with Crippen molar-refractivity contribution >= 4 is 22.8 Å². The van der Waals surface area contributed by atoms with E-state index in [9.17, 15) is 27.2 Å². The van der Waals surface area contributed by atoms with Gasteiger partial charge in [-0.15, -0.1) is 6.58 Å². The molecule has 202 valence electrons. The lowest BCUT2D eigenvalue weighted by molar-refractivity contribution is 0.0950. The lowest BCUT2D eigenvalue weighted by Crippen LogP contribution is -2.31. The third-order valence-corrected chi connectivity index (χ3v) is 7.04. The third kappa shape index (κ3) is 6.06. The minimum Gasteiger partial charge on any atom is -0.354 e. The predicted molar refractivity (Wildman–Crippen MR) is 139 cm³/mol. The molecule has 0 bridgehead atoms. The fourth-order valence-corrected chi connectivity index (χ4v) is 5.10. The second-order valence-electron chi connectivity index (χ2n) is 9.76. The van der Waals surface area contributed by atoms with Gasteiger partial charge in [0.05, 0.1) is 17.6 Å². The number of allylic oxidation sites excluding steroid dienone is 1. The van der Waals surface area contributed by atoms with E-state index in [1.165, 1.54) is 28.6 Å². The highest BCUT2D eigenvalue weighted by Gasteiger charge is 2.24. The summed E-state index contributed by atoms with van der Waals surface area (Å²) < 4.78 is 55.4. The van der Waals surface area contributed by atoms with E-state index in [4.69, 9.17) is 0 Å². The number of aromatic nitrogens is 2. The first-order valence-corrected chi connectivity index (χ1v) is 12.6. The Balaban J connectivity index is 1.67. The zero-order chi connectivity index (χ0) is 27.4. The number of carbonyl (C=O) groups excluding carboxylic acids is 1. The summed E-state index contributed by atoms with van der Waals surface area (Å²) in [6, 6.07) is 5.63. The van der Waals surface area contributed by atoms with Crippen LogP contribution >= 0.6 is 0 Å². The first-order valence-electron chi connectivity index (χ1n) is 12.6. The number of fused-ring (bicyclic) bond motifs is 1. The van der Waals surface area contributed by atoms with Crippen LogP contribution in [-0.2, 0) is 0 Å². The molecule has 1 aliphatic rings. The number of nitrogens with zero attached hydrogens (tertiary/aromatic N) is 3. The average Bonchev–Trinajstić information content (AvgIpc) is 3.31. The third-order valence-electron chi connectivity index (χ3n) is 7.04. The second-order valence-corrected chi connectivity index (χ2v) is 9.76. The van der Waals surface area contributed by atoms with Gasteiger partial charge in [-0.05, 0) is 61.8 Å². The number of anilines is 1. The fraction of sp³-hybridized carbons (Fsp3) is 0.393. The monoisotopic (exact) mass is 530 g/mol. The number of hydrogen-bond acceptors (Lipinski definition) is 4. The van der Waals surface area contributed by atoms with E-state index in [2.05, 4.69) is 16.9 Å². The lowest BCUT2D eigenvalue weighted by atomic mass is 9.99. The van der Waals surface area contributed by atoms with Gasteiger partial charge in [-0.25, -0.2) is 22.5 Å². The van der Waals surface area contributed by atoms with Crippen molar-refractivity contribution in [2.75, 3.05) is 25.0 Å². The molecule has 2 heterocycles. The van der Waals surface area contributed by atoms with Gasteiger partial charge in [0.15, 0.2) is 5.65 Å². The summed E-state index contributed by atoms with van der Waals surface area (Å²) in [6.45, 7) is 3.56. The van der Waals surface area contributed by atoms with E-state index in [0.717, 1.165) is 50.4 Å². The average molecular weight is 531 g/mol. The van der Waals surface area contributed by atoms with Crippen LogP contribution in [0.2, 0.25) is 0 Å². The molecule has 0 aliphatic heterocycles. The summed E-state index contributed by atoms with van der Waals surface area (Å²) in [5.41, 5.74) is -1.05. The molecule has 1 N–H and O–H groups in total. The van der Waals surface area contributed by atoms with Crippen molar-refractivity contribution in [3.8, 4) is 5.69 Å². The quantitative estimate of drug-likeness (QED) is 0.279. The van der Waals surface area contributed by atoms with E-state index in [0.29, 0.717) is 24.4 Å². The molecule has 10 heteroatoms. The maximum atomic E-state index is 14.8. The molecule has 0 radical (unpaired) electrons. The smallest absolute Gasteiger partial charge is 0.256 e. The van der Waals surface area contributed by atoms with Crippen molar-refractivity contribution in [1.29, 1.82) is 0 Å². The summed E-state index contributed by atoms with van der Waals surface area (Å²) in [4.78, 5) is 31.9. The lowest BCUT2D eigenvalue weighted by Gasteiger charge is -2.19. The fourth-order valence-electron chi connectivity index (χ4n) is 5.10. The number of carbonyl (C=O) groups is 1. The van der Waals surface area contributed by atoms with Gasteiger partial charge in [-0.2, -0.15) is 0 Å². The molecule has 1 aromatic carbocycles. The van der Waals surface area contributed by atoms with Gasteiger partial charge < -0.3 is 10.2 Å². The summed E-state index contributed by atoms with van der Waals surface area (Å²) in [5, 5.41) is 2.79. The molecule has 3 aromatic rings. The predicted octanol–water partition coefficient (Wildman–Crippen LogP) is 5.48. The molecule has 0 saturated heterocycles. The van der Waals surface area contributed by atoms with Crippen LogP contribution in [0, 0.1) is 23.5 Å². The van der Waals surface area contributed by atoms with Crippen molar-refractivity contribution in [3.05, 3.63) is 76.6 Å². The number of pyridine rings is 2. The Labute approximate surface area is 218 Å². The van der Waals surface area contributed by atoms with E-state index < -0.39 is 35.9 Å². The van der Waals surface area contributed by atoms with E-state index in [1.54, 1.807) is 0 Å². The molecule has 6 nitrogen and oxygen atoms in total. The topological polar surface area (TPSA) is 67.2 Å². The van der Waals surface area contributed by atoms with Crippen LogP contribution in [0.3, 0.4) is 0 Å². The summed E-state index contributed by atoms with van der Waals surface area (Å²) in [7, 11) is 1.41. The SMILES string of the molecule is C=CCC1CCC(CCNC(=O)c2cn(-c3ccc(F)cc3F)c3nc(N(C)CC(F)F)ccc3c2=O)C1. The zero-order valence-electron chi connectivity index (χ0n) is 21.1. The number of nitrogens with one attached hydrogen (secondary N) is 1. The molecule has 2 atom stereocenters. The molecule has 1 fully saturated rings. The first-order chi connectivity index (χ1) is 18.2. The van der Waals surface area contributed by atoms with E-state index in [-0.39, 0.29) is 28.1 Å². The molecule has 4 rings (SSSR count). The van der Waals surface area contributed by atoms with Crippen LogP contribution in [0.4, 0.5) is 23.4 Å². The molecule has 2 unspecified atom stereocenters. The van der Waals surface area contributed by atoms with Crippen molar-refractivity contribution in [2.45, 2.75) is 38.5 Å². The Bertz CT molecular complexity index is 1390. The Hall–Kier alpha value is -3.69. The van der Waals surface area contributed by atoms with Crippen LogP contribution in [0.1, 0.15) is 42.5 Å². The second kappa shape index (κ2) is 11.8. The Kier molecular flexibility index (Phi) is 8.48. The molecule has 1 amide bonds. The number of amides is 1. The van der Waals surface area contributed by atoms with Gasteiger partial charge in [-0.1, -0.05) is 12.5 Å². The van der Waals surface area contributed by atoms with Gasteiger partial charge in [-0.3, -0.25) is 14.2 Å². The maximum Gasteiger partial charge on any atom is 0.256 e. The minimum atomic E-state index is -2.63. The summed E-state index contributed by atoms with van der Waals surface area (Å²) in [6.07, 6.45) is 5.50. The number of benzene rings is 1. The van der Waals surface area contributed by atoms with Crippen molar-refractivity contribution in [2.24, 2.45) is 11.8 Å². The highest BCUT2D eigenvalue weighted by atomic mass is 19.3. The van der Waals surface area contributed by atoms with Crippen LogP contribution in [-0.4, -0.2) is 42.0 Å². The van der Waals surface area contributed by atoms with Gasteiger partial charge in [0.1, 0.15) is 23.0 Å². The zero-order valence-corrected chi connectivity index (χ0v) is 21.1. The van der Waals surface area contributed by atoms with Crippen LogP contribution in [0.15, 0.2) is 54.0 Å². The Morgan fingerprint density at radius 1 is 1.24 bits per heavy atom. The number of alkyl halides is 2. The molecule has 2 aromatic heterocycles. The summed E-state index contributed by atoms with van der Waals surface area (Å²) >= 11 is 0. The number of hydrogen-bond donors (Lipinski definition) is 1. The Morgan fingerprint density at radius 3 is 2.71 bits per heavy atom. The minimum absolute atomic E-state index is 0.00127. The van der Waals surface area contributed by atoms with Crippen molar-refractivity contribution in [3.63, 3.8) is 0 Å².